The number of H-pyrrole nitrogens is 1. The van der Waals surface area contributed by atoms with Crippen molar-refractivity contribution >= 4 is 33.4 Å². The number of nitro benzene ring substituents is 1. The first-order valence-corrected chi connectivity index (χ1v) is 12.8. The minimum atomic E-state index is -3.40. The van der Waals surface area contributed by atoms with E-state index in [-0.39, 0.29) is 30.0 Å². The maximum atomic E-state index is 12.1. The maximum absolute atomic E-state index is 12.1. The fraction of sp³-hybridized carbons (Fsp3) is 0.304. The van der Waals surface area contributed by atoms with E-state index in [0.717, 1.165) is 24.2 Å². The molecule has 2 heterocycles. The number of hydrogen-bond acceptors (Lipinski definition) is 9. The lowest BCUT2D eigenvalue weighted by Gasteiger charge is -2.27. The van der Waals surface area contributed by atoms with Crippen molar-refractivity contribution < 1.29 is 27.6 Å². The monoisotopic (exact) mass is 513 g/mol. The second-order valence-corrected chi connectivity index (χ2v) is 10.4. The first kappa shape index (κ1) is 23.8. The summed E-state index contributed by atoms with van der Waals surface area (Å²) in [5.74, 6) is 1.04. The van der Waals surface area contributed by atoms with E-state index in [4.69, 9.17) is 9.47 Å². The van der Waals surface area contributed by atoms with Gasteiger partial charge in [0.05, 0.1) is 9.82 Å². The van der Waals surface area contributed by atoms with Crippen LogP contribution in [0.5, 0.6) is 5.75 Å². The average Bonchev–Trinajstić information content (AvgIpc) is 3.43. The molecule has 0 amide bonds. The Balaban J connectivity index is 1.11. The van der Waals surface area contributed by atoms with Crippen LogP contribution in [0.3, 0.4) is 0 Å². The highest BCUT2D eigenvalue weighted by Crippen LogP contribution is 2.35. The van der Waals surface area contributed by atoms with E-state index in [1.165, 1.54) is 24.3 Å². The van der Waals surface area contributed by atoms with E-state index < -0.39 is 21.1 Å². The summed E-state index contributed by atoms with van der Waals surface area (Å²) in [5.41, 5.74) is 2.33. The highest BCUT2D eigenvalue weighted by molar-refractivity contribution is 7.89. The van der Waals surface area contributed by atoms with Crippen LogP contribution in [0.4, 0.5) is 22.0 Å². The number of ether oxygens (including phenoxy) is 2. The molecule has 1 aromatic heterocycles. The minimum absolute atomic E-state index is 0.0915. The van der Waals surface area contributed by atoms with Crippen LogP contribution in [0.1, 0.15) is 42.9 Å². The van der Waals surface area contributed by atoms with Crippen molar-refractivity contribution in [1.82, 2.24) is 14.9 Å². The molecular formula is C23H23N5O7S. The Morgan fingerprint density at radius 1 is 1.08 bits per heavy atom. The molecule has 2 aromatic carbocycles. The van der Waals surface area contributed by atoms with Gasteiger partial charge in [-0.2, -0.15) is 5.10 Å². The molecule has 0 atom stereocenters. The molecule has 1 aliphatic heterocycles. The number of aromatic nitrogens is 2. The van der Waals surface area contributed by atoms with Gasteiger partial charge in [-0.05, 0) is 61.6 Å². The highest BCUT2D eigenvalue weighted by atomic mass is 32.2. The highest BCUT2D eigenvalue weighted by Gasteiger charge is 2.28. The lowest BCUT2D eigenvalue weighted by atomic mass is 9.85. The van der Waals surface area contributed by atoms with Crippen LogP contribution in [0.2, 0.25) is 0 Å². The molecule has 13 heteroatoms. The van der Waals surface area contributed by atoms with Gasteiger partial charge in [-0.1, -0.05) is 0 Å². The first-order valence-electron chi connectivity index (χ1n) is 11.3. The van der Waals surface area contributed by atoms with Gasteiger partial charge < -0.3 is 14.8 Å². The zero-order valence-corrected chi connectivity index (χ0v) is 19.8. The Bertz CT molecular complexity index is 1400. The third kappa shape index (κ3) is 5.16. The summed E-state index contributed by atoms with van der Waals surface area (Å²) in [4.78, 5) is 22.6. The summed E-state index contributed by atoms with van der Waals surface area (Å²) in [6.45, 7) is 0.270. The van der Waals surface area contributed by atoms with Gasteiger partial charge in [0.15, 0.2) is 5.82 Å². The van der Waals surface area contributed by atoms with Gasteiger partial charge in [-0.15, -0.1) is 0 Å². The van der Waals surface area contributed by atoms with Crippen LogP contribution in [0.25, 0.3) is 0 Å². The molecule has 0 saturated heterocycles. The Hall–Kier alpha value is -3.97. The summed E-state index contributed by atoms with van der Waals surface area (Å²) < 4.78 is 36.8. The van der Waals surface area contributed by atoms with E-state index in [9.17, 15) is 23.3 Å². The van der Waals surface area contributed by atoms with Crippen LogP contribution in [0, 0.1) is 10.1 Å². The third-order valence-electron chi connectivity index (χ3n) is 6.30. The number of sulfonamides is 1. The standard InChI is InChI=1S/C23H23N5O7S/c29-23(35-19-8-4-17(5-9-19)28(30)31)34-18-6-1-14(2-7-18)20-12-22(27-26-20)25-16-3-10-21-15(11-16)13-24-36(21,32)33/h3-5,8-12,14,18,24H,1-2,6-7,13H2,(H2,25,26,27). The van der Waals surface area contributed by atoms with E-state index in [2.05, 4.69) is 20.2 Å². The fourth-order valence-electron chi connectivity index (χ4n) is 4.45. The summed E-state index contributed by atoms with van der Waals surface area (Å²) in [5, 5.41) is 21.3. The van der Waals surface area contributed by atoms with Crippen molar-refractivity contribution in [3.63, 3.8) is 0 Å². The largest absolute Gasteiger partial charge is 0.514 e. The van der Waals surface area contributed by atoms with Crippen LogP contribution >= 0.6 is 0 Å². The van der Waals surface area contributed by atoms with Gasteiger partial charge in [-0.25, -0.2) is 17.9 Å². The van der Waals surface area contributed by atoms with Crippen LogP contribution < -0.4 is 14.8 Å². The summed E-state index contributed by atoms with van der Waals surface area (Å²) >= 11 is 0. The number of nitro groups is 1. The second kappa shape index (κ2) is 9.59. The van der Waals surface area contributed by atoms with Gasteiger partial charge in [0, 0.05) is 42.0 Å². The molecule has 0 unspecified atom stereocenters. The number of fused-ring (bicyclic) bond motifs is 1. The molecule has 12 nitrogen and oxygen atoms in total. The summed E-state index contributed by atoms with van der Waals surface area (Å²) in [7, 11) is -3.40. The third-order valence-corrected chi connectivity index (χ3v) is 7.80. The molecule has 5 rings (SSSR count). The normalized spacial score (nSPS) is 20.3. The number of carbonyl (C=O) groups excluding carboxylic acids is 1. The minimum Gasteiger partial charge on any atom is -0.431 e. The van der Waals surface area contributed by atoms with E-state index >= 15 is 0 Å². The fourth-order valence-corrected chi connectivity index (χ4v) is 5.67. The second-order valence-electron chi connectivity index (χ2n) is 8.68. The molecule has 2 aliphatic rings. The topological polar surface area (TPSA) is 166 Å². The average molecular weight is 514 g/mol. The molecule has 0 bridgehead atoms. The quantitative estimate of drug-likeness (QED) is 0.190. The van der Waals surface area contributed by atoms with Crippen LogP contribution in [0.15, 0.2) is 53.4 Å². The molecule has 1 saturated carbocycles. The lowest BCUT2D eigenvalue weighted by molar-refractivity contribution is -0.384. The van der Waals surface area contributed by atoms with Crippen LogP contribution in [-0.2, 0) is 21.3 Å². The maximum Gasteiger partial charge on any atom is 0.514 e. The number of nitrogens with one attached hydrogen (secondary N) is 3. The van der Waals surface area contributed by atoms with Crippen molar-refractivity contribution in [3.8, 4) is 5.75 Å². The number of anilines is 2. The predicted molar refractivity (Wildman–Crippen MR) is 128 cm³/mol. The van der Waals surface area contributed by atoms with Gasteiger partial charge in [0.1, 0.15) is 11.9 Å². The molecular weight excluding hydrogens is 490 g/mol. The Morgan fingerprint density at radius 3 is 2.56 bits per heavy atom. The van der Waals surface area contributed by atoms with Gasteiger partial charge in [0.2, 0.25) is 10.0 Å². The number of aromatic amines is 1. The summed E-state index contributed by atoms with van der Waals surface area (Å²) in [6.07, 6.45) is 1.79. The lowest BCUT2D eigenvalue weighted by Crippen LogP contribution is -2.25. The Labute approximate surface area is 206 Å². The number of carbonyl (C=O) groups is 1. The molecule has 3 aromatic rings. The molecule has 0 radical (unpaired) electrons. The smallest absolute Gasteiger partial charge is 0.431 e. The molecule has 36 heavy (non-hydrogen) atoms. The molecule has 1 aliphatic carbocycles. The van der Waals surface area contributed by atoms with Crippen molar-refractivity contribution in [3.05, 3.63) is 69.9 Å². The van der Waals surface area contributed by atoms with Gasteiger partial charge in [0.25, 0.3) is 5.69 Å². The molecule has 3 N–H and O–H groups in total. The number of benzene rings is 2. The van der Waals surface area contributed by atoms with Crippen molar-refractivity contribution in [2.24, 2.45) is 0 Å². The Kier molecular flexibility index (Phi) is 6.33. The SMILES string of the molecule is O=C(Oc1ccc([N+](=O)[O-])cc1)OC1CCC(c2cc(Nc3ccc4c(c3)CNS4(=O)=O)n[nH]2)CC1. The van der Waals surface area contributed by atoms with Crippen LogP contribution in [-0.4, -0.2) is 35.8 Å². The number of nitrogens with zero attached hydrogens (tertiary/aromatic N) is 2. The van der Waals surface area contributed by atoms with Crippen molar-refractivity contribution in [2.75, 3.05) is 5.32 Å². The number of rotatable bonds is 6. The zero-order chi connectivity index (χ0) is 25.3. The van der Waals surface area contributed by atoms with Crippen molar-refractivity contribution in [1.29, 1.82) is 0 Å². The first-order chi connectivity index (χ1) is 17.3. The summed E-state index contributed by atoms with van der Waals surface area (Å²) in [6, 6.07) is 12.2. The van der Waals surface area contributed by atoms with E-state index in [0.29, 0.717) is 29.1 Å². The molecule has 1 fully saturated rings. The van der Waals surface area contributed by atoms with Gasteiger partial charge >= 0.3 is 6.16 Å². The number of hydrogen-bond donors (Lipinski definition) is 3. The van der Waals surface area contributed by atoms with Gasteiger partial charge in [-0.3, -0.25) is 15.2 Å². The van der Waals surface area contributed by atoms with E-state index in [1.54, 1.807) is 18.2 Å². The number of non-ortho nitro benzene ring substituents is 1. The van der Waals surface area contributed by atoms with E-state index in [1.807, 2.05) is 6.07 Å². The predicted octanol–water partition coefficient (Wildman–Crippen LogP) is 4.10. The van der Waals surface area contributed by atoms with Crippen molar-refractivity contribution in [2.45, 2.75) is 49.1 Å². The Morgan fingerprint density at radius 2 is 1.83 bits per heavy atom. The molecule has 188 valence electrons. The molecule has 0 spiro atoms. The zero-order valence-electron chi connectivity index (χ0n) is 19.0.